The van der Waals surface area contributed by atoms with Crippen LogP contribution in [-0.2, 0) is 0 Å². The molecule has 0 nitrogen and oxygen atoms in total. The standard InChI is InChI=1S/C14H27Cl/c1-7-11(2)8-9-13(15)12(3)10-14(4,5)6/h10-11,13H,7-9H2,1-6H3/b12-10-/t11-,13?/m0/s1. The predicted octanol–water partition coefficient (Wildman–Crippen LogP) is 5.41. The van der Waals surface area contributed by atoms with Crippen molar-refractivity contribution in [2.75, 3.05) is 0 Å². The molecule has 0 bridgehead atoms. The van der Waals surface area contributed by atoms with Crippen LogP contribution in [0.25, 0.3) is 0 Å². The molecule has 15 heavy (non-hydrogen) atoms. The summed E-state index contributed by atoms with van der Waals surface area (Å²) in [5.41, 5.74) is 1.57. The Morgan fingerprint density at radius 1 is 1.27 bits per heavy atom. The highest BCUT2D eigenvalue weighted by Gasteiger charge is 2.13. The molecule has 0 fully saturated rings. The Labute approximate surface area is 101 Å². The molecule has 0 heterocycles. The van der Waals surface area contributed by atoms with Gasteiger partial charge in [0.25, 0.3) is 0 Å². The lowest BCUT2D eigenvalue weighted by Crippen LogP contribution is -2.08. The summed E-state index contributed by atoms with van der Waals surface area (Å²) in [6.45, 7) is 13.3. The zero-order valence-corrected chi connectivity index (χ0v) is 12.0. The highest BCUT2D eigenvalue weighted by atomic mass is 35.5. The molecule has 0 N–H and O–H groups in total. The van der Waals surface area contributed by atoms with Gasteiger partial charge in [0.15, 0.2) is 0 Å². The predicted molar refractivity (Wildman–Crippen MR) is 71.5 cm³/mol. The highest BCUT2D eigenvalue weighted by molar-refractivity contribution is 6.22. The van der Waals surface area contributed by atoms with Gasteiger partial charge in [-0.1, -0.05) is 52.7 Å². The zero-order chi connectivity index (χ0) is 12.1. The van der Waals surface area contributed by atoms with E-state index in [0.717, 1.165) is 12.3 Å². The molecule has 1 unspecified atom stereocenters. The van der Waals surface area contributed by atoms with Crippen molar-refractivity contribution >= 4 is 11.6 Å². The fourth-order valence-corrected chi connectivity index (χ4v) is 1.83. The Morgan fingerprint density at radius 3 is 2.20 bits per heavy atom. The molecule has 90 valence electrons. The Bertz CT molecular complexity index is 198. The number of halogens is 1. The lowest BCUT2D eigenvalue weighted by Gasteiger charge is -2.18. The largest absolute Gasteiger partial charge is 0.118 e. The summed E-state index contributed by atoms with van der Waals surface area (Å²) in [5.74, 6) is 0.800. The van der Waals surface area contributed by atoms with Crippen LogP contribution in [0.3, 0.4) is 0 Å². The van der Waals surface area contributed by atoms with Crippen LogP contribution in [0.5, 0.6) is 0 Å². The molecule has 2 atom stereocenters. The van der Waals surface area contributed by atoms with E-state index in [-0.39, 0.29) is 10.8 Å². The molecule has 0 aliphatic rings. The fraction of sp³-hybridized carbons (Fsp3) is 0.857. The van der Waals surface area contributed by atoms with Crippen LogP contribution in [0.2, 0.25) is 0 Å². The van der Waals surface area contributed by atoms with Gasteiger partial charge in [0.1, 0.15) is 0 Å². The van der Waals surface area contributed by atoms with Crippen LogP contribution in [0.1, 0.15) is 60.8 Å². The number of allylic oxidation sites excluding steroid dienone is 2. The maximum atomic E-state index is 6.37. The van der Waals surface area contributed by atoms with E-state index in [9.17, 15) is 0 Å². The lowest BCUT2D eigenvalue weighted by atomic mass is 9.91. The molecule has 0 spiro atoms. The summed E-state index contributed by atoms with van der Waals surface area (Å²) in [5, 5.41) is 0.221. The van der Waals surface area contributed by atoms with Gasteiger partial charge in [0.05, 0.1) is 5.38 Å². The minimum absolute atomic E-state index is 0.221. The molecular weight excluding hydrogens is 204 g/mol. The van der Waals surface area contributed by atoms with Crippen molar-refractivity contribution in [2.45, 2.75) is 66.2 Å². The molecule has 0 rings (SSSR count). The topological polar surface area (TPSA) is 0 Å². The maximum absolute atomic E-state index is 6.37. The van der Waals surface area contributed by atoms with Gasteiger partial charge in [-0.15, -0.1) is 11.6 Å². The van der Waals surface area contributed by atoms with Crippen molar-refractivity contribution < 1.29 is 0 Å². The minimum atomic E-state index is 0.221. The Morgan fingerprint density at radius 2 is 1.80 bits per heavy atom. The van der Waals surface area contributed by atoms with Gasteiger partial charge in [0.2, 0.25) is 0 Å². The first-order valence-corrected chi connectivity index (χ1v) is 6.53. The summed E-state index contributed by atoms with van der Waals surface area (Å²) in [6, 6.07) is 0. The lowest BCUT2D eigenvalue weighted by molar-refractivity contribution is 0.492. The van der Waals surface area contributed by atoms with E-state index in [4.69, 9.17) is 11.6 Å². The van der Waals surface area contributed by atoms with Crippen molar-refractivity contribution in [1.29, 1.82) is 0 Å². The van der Waals surface area contributed by atoms with Gasteiger partial charge in [-0.05, 0) is 31.1 Å². The van der Waals surface area contributed by atoms with Gasteiger partial charge in [0, 0.05) is 0 Å². The zero-order valence-electron chi connectivity index (χ0n) is 11.2. The Kier molecular flexibility index (Phi) is 6.59. The summed E-state index contributed by atoms with van der Waals surface area (Å²) < 4.78 is 0. The first-order chi connectivity index (χ1) is 6.76. The Hall–Kier alpha value is 0.0300. The van der Waals surface area contributed by atoms with Crippen LogP contribution in [0.15, 0.2) is 11.6 Å². The van der Waals surface area contributed by atoms with E-state index in [1.165, 1.54) is 18.4 Å². The molecule has 0 aromatic heterocycles. The molecule has 0 radical (unpaired) electrons. The van der Waals surface area contributed by atoms with E-state index in [2.05, 4.69) is 47.6 Å². The number of hydrogen-bond donors (Lipinski definition) is 0. The van der Waals surface area contributed by atoms with Crippen LogP contribution in [0, 0.1) is 11.3 Å². The van der Waals surface area contributed by atoms with E-state index in [0.29, 0.717) is 0 Å². The maximum Gasteiger partial charge on any atom is 0.0542 e. The van der Waals surface area contributed by atoms with Gasteiger partial charge < -0.3 is 0 Å². The molecule has 0 aliphatic carbocycles. The molecule has 0 saturated carbocycles. The monoisotopic (exact) mass is 230 g/mol. The van der Waals surface area contributed by atoms with Crippen molar-refractivity contribution in [2.24, 2.45) is 11.3 Å². The molecule has 1 heteroatoms. The molecule has 0 amide bonds. The second-order valence-corrected chi connectivity index (χ2v) is 6.34. The first-order valence-electron chi connectivity index (χ1n) is 6.09. The van der Waals surface area contributed by atoms with Crippen molar-refractivity contribution in [3.8, 4) is 0 Å². The van der Waals surface area contributed by atoms with Crippen LogP contribution >= 0.6 is 11.6 Å². The van der Waals surface area contributed by atoms with E-state index < -0.39 is 0 Å². The van der Waals surface area contributed by atoms with Crippen molar-refractivity contribution in [1.82, 2.24) is 0 Å². The molecule has 0 aromatic rings. The van der Waals surface area contributed by atoms with E-state index in [1.807, 2.05) is 0 Å². The molecular formula is C14H27Cl. The molecule has 0 aliphatic heterocycles. The normalized spacial score (nSPS) is 17.7. The fourth-order valence-electron chi connectivity index (χ4n) is 1.64. The smallest absolute Gasteiger partial charge is 0.0542 e. The molecule has 0 aromatic carbocycles. The van der Waals surface area contributed by atoms with Crippen LogP contribution in [0.4, 0.5) is 0 Å². The molecule has 0 saturated heterocycles. The number of alkyl halides is 1. The number of rotatable bonds is 5. The third kappa shape index (κ3) is 7.90. The van der Waals surface area contributed by atoms with Gasteiger partial charge in [-0.2, -0.15) is 0 Å². The Balaban J connectivity index is 4.10. The summed E-state index contributed by atoms with van der Waals surface area (Å²) in [6.07, 6.45) is 5.89. The SMILES string of the molecule is CC[C@H](C)CCC(Cl)/C(C)=C\C(C)(C)C. The summed E-state index contributed by atoms with van der Waals surface area (Å²) >= 11 is 6.37. The van der Waals surface area contributed by atoms with E-state index >= 15 is 0 Å². The first kappa shape index (κ1) is 15.0. The third-order valence-corrected chi connectivity index (χ3v) is 3.33. The van der Waals surface area contributed by atoms with Gasteiger partial charge in [-0.25, -0.2) is 0 Å². The quantitative estimate of drug-likeness (QED) is 0.438. The second-order valence-electron chi connectivity index (χ2n) is 5.81. The van der Waals surface area contributed by atoms with Crippen LogP contribution in [-0.4, -0.2) is 5.38 Å². The van der Waals surface area contributed by atoms with Gasteiger partial charge in [-0.3, -0.25) is 0 Å². The highest BCUT2D eigenvalue weighted by Crippen LogP contribution is 2.24. The second kappa shape index (κ2) is 6.58. The van der Waals surface area contributed by atoms with E-state index in [1.54, 1.807) is 0 Å². The average Bonchev–Trinajstić information content (AvgIpc) is 2.10. The van der Waals surface area contributed by atoms with Crippen molar-refractivity contribution in [3.05, 3.63) is 11.6 Å². The summed E-state index contributed by atoms with van der Waals surface area (Å²) in [7, 11) is 0. The third-order valence-electron chi connectivity index (χ3n) is 2.76. The average molecular weight is 231 g/mol. The summed E-state index contributed by atoms with van der Waals surface area (Å²) in [4.78, 5) is 0. The minimum Gasteiger partial charge on any atom is -0.118 e. The van der Waals surface area contributed by atoms with Crippen LogP contribution < -0.4 is 0 Å². The van der Waals surface area contributed by atoms with Crippen molar-refractivity contribution in [3.63, 3.8) is 0 Å². The van der Waals surface area contributed by atoms with Gasteiger partial charge >= 0.3 is 0 Å². The number of hydrogen-bond acceptors (Lipinski definition) is 0.